The average Bonchev–Trinajstić information content (AvgIpc) is 2.46. The van der Waals surface area contributed by atoms with Crippen LogP contribution in [0.4, 0.5) is 0 Å². The minimum Gasteiger partial charge on any atom is -0.366 e. The van der Waals surface area contributed by atoms with Gasteiger partial charge in [0.1, 0.15) is 0 Å². The number of hydrogen-bond acceptors (Lipinski definition) is 3. The molecule has 0 radical (unpaired) electrons. The van der Waals surface area contributed by atoms with Crippen LogP contribution in [0.2, 0.25) is 0 Å². The lowest BCUT2D eigenvalue weighted by Gasteiger charge is -2.35. The van der Waals surface area contributed by atoms with E-state index in [9.17, 15) is 9.59 Å². The predicted octanol–water partition coefficient (Wildman–Crippen LogP) is 0.739. The largest absolute Gasteiger partial charge is 0.366 e. The maximum absolute atomic E-state index is 12.5. The number of hydrogen-bond donors (Lipinski definition) is 2. The summed E-state index contributed by atoms with van der Waals surface area (Å²) >= 11 is 0. The molecular weight excluding hydrogens is 242 g/mol. The van der Waals surface area contributed by atoms with Crippen LogP contribution >= 0.6 is 0 Å². The topological polar surface area (TPSA) is 89.4 Å². The number of rotatable bonds is 3. The van der Waals surface area contributed by atoms with Gasteiger partial charge in [0, 0.05) is 30.3 Å². The molecule has 1 aromatic carbocycles. The molecule has 4 N–H and O–H groups in total. The maximum atomic E-state index is 12.5. The first-order valence-electron chi connectivity index (χ1n) is 6.54. The van der Waals surface area contributed by atoms with Gasteiger partial charge < -0.3 is 16.4 Å². The second kappa shape index (κ2) is 5.84. The lowest BCUT2D eigenvalue weighted by atomic mass is 10.0. The van der Waals surface area contributed by atoms with Gasteiger partial charge in [-0.25, -0.2) is 0 Å². The Labute approximate surface area is 112 Å². The van der Waals surface area contributed by atoms with Crippen molar-refractivity contribution < 1.29 is 9.59 Å². The number of piperidine rings is 1. The van der Waals surface area contributed by atoms with Gasteiger partial charge in [0.15, 0.2) is 0 Å². The van der Waals surface area contributed by atoms with E-state index in [1.54, 1.807) is 24.3 Å². The van der Waals surface area contributed by atoms with Gasteiger partial charge in [-0.15, -0.1) is 0 Å². The standard InChI is InChI=1S/C14H19N3O2/c15-9-12-6-1-2-7-17(12)14(19)11-5-3-4-10(8-11)13(16)18/h3-5,8,12H,1-2,6-7,9,15H2,(H2,16,18). The molecule has 1 heterocycles. The van der Waals surface area contributed by atoms with Crippen LogP contribution in [0.3, 0.4) is 0 Å². The first-order valence-corrected chi connectivity index (χ1v) is 6.54. The van der Waals surface area contributed by atoms with Gasteiger partial charge in [-0.1, -0.05) is 6.07 Å². The minimum atomic E-state index is -0.524. The second-order valence-corrected chi connectivity index (χ2v) is 4.83. The van der Waals surface area contributed by atoms with E-state index < -0.39 is 5.91 Å². The third kappa shape index (κ3) is 2.93. The van der Waals surface area contributed by atoms with Gasteiger partial charge in [0.2, 0.25) is 5.91 Å². The normalized spacial score (nSPS) is 19.2. The lowest BCUT2D eigenvalue weighted by molar-refractivity contribution is 0.0623. The predicted molar refractivity (Wildman–Crippen MR) is 72.7 cm³/mol. The Hall–Kier alpha value is -1.88. The molecule has 0 saturated carbocycles. The first-order chi connectivity index (χ1) is 9.13. The molecule has 2 rings (SSSR count). The van der Waals surface area contributed by atoms with Crippen LogP contribution in [0, 0.1) is 0 Å². The molecule has 1 fully saturated rings. The lowest BCUT2D eigenvalue weighted by Crippen LogP contribution is -2.47. The van der Waals surface area contributed by atoms with Gasteiger partial charge in [0.25, 0.3) is 5.91 Å². The Morgan fingerprint density at radius 3 is 2.68 bits per heavy atom. The molecule has 1 unspecified atom stereocenters. The van der Waals surface area contributed by atoms with Crippen LogP contribution in [-0.2, 0) is 0 Å². The Bertz CT molecular complexity index is 487. The molecule has 19 heavy (non-hydrogen) atoms. The molecule has 0 bridgehead atoms. The zero-order chi connectivity index (χ0) is 13.8. The summed E-state index contributed by atoms with van der Waals surface area (Å²) in [6, 6.07) is 6.63. The summed E-state index contributed by atoms with van der Waals surface area (Å²) in [4.78, 5) is 25.4. The van der Waals surface area contributed by atoms with Crippen molar-refractivity contribution in [3.8, 4) is 0 Å². The van der Waals surface area contributed by atoms with E-state index in [1.807, 2.05) is 4.90 Å². The molecule has 1 atom stereocenters. The number of nitrogens with two attached hydrogens (primary N) is 2. The summed E-state index contributed by atoms with van der Waals surface area (Å²) in [5, 5.41) is 0. The van der Waals surface area contributed by atoms with Crippen molar-refractivity contribution in [3.63, 3.8) is 0 Å². The molecule has 5 heteroatoms. The maximum Gasteiger partial charge on any atom is 0.254 e. The van der Waals surface area contributed by atoms with Gasteiger partial charge >= 0.3 is 0 Å². The molecule has 2 amide bonds. The van der Waals surface area contributed by atoms with E-state index in [0.717, 1.165) is 25.8 Å². The van der Waals surface area contributed by atoms with Crippen LogP contribution in [0.1, 0.15) is 40.0 Å². The fourth-order valence-corrected chi connectivity index (χ4v) is 2.48. The number of likely N-dealkylation sites (tertiary alicyclic amines) is 1. The molecule has 5 nitrogen and oxygen atoms in total. The summed E-state index contributed by atoms with van der Waals surface area (Å²) in [5.41, 5.74) is 11.8. The third-order valence-corrected chi connectivity index (χ3v) is 3.55. The molecule has 102 valence electrons. The SMILES string of the molecule is NCC1CCCCN1C(=O)c1cccc(C(N)=O)c1. The van der Waals surface area contributed by atoms with Crippen LogP contribution in [0.5, 0.6) is 0 Å². The van der Waals surface area contributed by atoms with Crippen molar-refractivity contribution in [2.75, 3.05) is 13.1 Å². The number of amides is 2. The smallest absolute Gasteiger partial charge is 0.254 e. The molecule has 1 aliphatic rings. The fraction of sp³-hybridized carbons (Fsp3) is 0.429. The highest BCUT2D eigenvalue weighted by Gasteiger charge is 2.26. The number of benzene rings is 1. The molecule has 1 aliphatic heterocycles. The van der Waals surface area contributed by atoms with E-state index in [0.29, 0.717) is 17.7 Å². The second-order valence-electron chi connectivity index (χ2n) is 4.83. The van der Waals surface area contributed by atoms with Gasteiger partial charge in [-0.05, 0) is 37.5 Å². The van der Waals surface area contributed by atoms with Crippen molar-refractivity contribution >= 4 is 11.8 Å². The summed E-state index contributed by atoms with van der Waals surface area (Å²) < 4.78 is 0. The van der Waals surface area contributed by atoms with Crippen LogP contribution in [0.15, 0.2) is 24.3 Å². The Kier molecular flexibility index (Phi) is 4.16. The average molecular weight is 261 g/mol. The van der Waals surface area contributed by atoms with Gasteiger partial charge in [0.05, 0.1) is 0 Å². The molecule has 1 aromatic rings. The summed E-state index contributed by atoms with van der Waals surface area (Å²) in [7, 11) is 0. The van der Waals surface area contributed by atoms with Crippen molar-refractivity contribution in [2.45, 2.75) is 25.3 Å². The van der Waals surface area contributed by atoms with E-state index in [4.69, 9.17) is 11.5 Å². The fourth-order valence-electron chi connectivity index (χ4n) is 2.48. The highest BCUT2D eigenvalue weighted by Crippen LogP contribution is 2.19. The van der Waals surface area contributed by atoms with E-state index in [2.05, 4.69) is 0 Å². The molecule has 1 saturated heterocycles. The zero-order valence-electron chi connectivity index (χ0n) is 10.8. The van der Waals surface area contributed by atoms with Crippen LogP contribution < -0.4 is 11.5 Å². The Morgan fingerprint density at radius 2 is 2.00 bits per heavy atom. The van der Waals surface area contributed by atoms with E-state index in [1.165, 1.54) is 0 Å². The Balaban J connectivity index is 2.22. The number of nitrogens with zero attached hydrogens (tertiary/aromatic N) is 1. The highest BCUT2D eigenvalue weighted by atomic mass is 16.2. The number of carbonyl (C=O) groups excluding carboxylic acids is 2. The Morgan fingerprint density at radius 1 is 1.26 bits per heavy atom. The molecule has 0 aromatic heterocycles. The van der Waals surface area contributed by atoms with Crippen LogP contribution in [0.25, 0.3) is 0 Å². The van der Waals surface area contributed by atoms with Crippen molar-refractivity contribution in [1.29, 1.82) is 0 Å². The summed E-state index contributed by atoms with van der Waals surface area (Å²) in [6.45, 7) is 1.20. The van der Waals surface area contributed by atoms with Crippen LogP contribution in [-0.4, -0.2) is 35.8 Å². The molecule has 0 spiro atoms. The van der Waals surface area contributed by atoms with Crippen molar-refractivity contribution in [3.05, 3.63) is 35.4 Å². The van der Waals surface area contributed by atoms with E-state index in [-0.39, 0.29) is 11.9 Å². The first kappa shape index (κ1) is 13.5. The monoisotopic (exact) mass is 261 g/mol. The number of carbonyl (C=O) groups is 2. The third-order valence-electron chi connectivity index (χ3n) is 3.55. The van der Waals surface area contributed by atoms with Gasteiger partial charge in [-0.3, -0.25) is 9.59 Å². The van der Waals surface area contributed by atoms with Crippen molar-refractivity contribution in [1.82, 2.24) is 4.90 Å². The molecule has 0 aliphatic carbocycles. The highest BCUT2D eigenvalue weighted by molar-refractivity contribution is 5.99. The summed E-state index contributed by atoms with van der Waals surface area (Å²) in [5.74, 6) is -0.595. The zero-order valence-corrected chi connectivity index (χ0v) is 10.8. The molecular formula is C14H19N3O2. The quantitative estimate of drug-likeness (QED) is 0.841. The van der Waals surface area contributed by atoms with Gasteiger partial charge in [-0.2, -0.15) is 0 Å². The van der Waals surface area contributed by atoms with Crippen molar-refractivity contribution in [2.24, 2.45) is 11.5 Å². The number of primary amides is 1. The van der Waals surface area contributed by atoms with E-state index >= 15 is 0 Å². The summed E-state index contributed by atoms with van der Waals surface area (Å²) in [6.07, 6.45) is 3.04. The minimum absolute atomic E-state index is 0.0711.